The second-order valence-electron chi connectivity index (χ2n) is 8.81. The van der Waals surface area contributed by atoms with Gasteiger partial charge in [-0.15, -0.1) is 0 Å². The lowest BCUT2D eigenvalue weighted by Crippen LogP contribution is -2.34. The number of fused-ring (bicyclic) bond motifs is 1. The fraction of sp³-hybridized carbons (Fsp3) is 0.219. The zero-order valence-electron chi connectivity index (χ0n) is 20.9. The molecule has 1 atom stereocenters. The van der Waals surface area contributed by atoms with Crippen LogP contribution in [0.15, 0.2) is 91.0 Å². The van der Waals surface area contributed by atoms with Crippen LogP contribution in [-0.2, 0) is 13.0 Å². The van der Waals surface area contributed by atoms with Crippen LogP contribution in [0.1, 0.15) is 35.7 Å². The van der Waals surface area contributed by atoms with Gasteiger partial charge in [-0.3, -0.25) is 0 Å². The summed E-state index contributed by atoms with van der Waals surface area (Å²) >= 11 is 0. The summed E-state index contributed by atoms with van der Waals surface area (Å²) in [6, 6.07) is 29.6. The van der Waals surface area contributed by atoms with Crippen LogP contribution < -0.4 is 18.9 Å². The number of benzene rings is 3. The number of aryl methyl sites for hydroxylation is 1. The number of para-hydroxylation sites is 2. The normalized spacial score (nSPS) is 13.8. The van der Waals surface area contributed by atoms with Crippen LogP contribution in [0.2, 0.25) is 0 Å². The highest BCUT2D eigenvalue weighted by molar-refractivity contribution is 5.44. The maximum Gasteiger partial charge on any atom is 0.218 e. The molecular formula is C32H29NO4. The number of ether oxygens (including phenoxy) is 4. The van der Waals surface area contributed by atoms with Gasteiger partial charge in [-0.2, -0.15) is 0 Å². The van der Waals surface area contributed by atoms with Crippen molar-refractivity contribution in [1.29, 1.82) is 0 Å². The number of nitrogens with zero attached hydrogens (tertiary/aromatic N) is 1. The molecule has 5 rings (SSSR count). The molecule has 0 N–H and O–H groups in total. The molecule has 0 bridgehead atoms. The van der Waals surface area contributed by atoms with Crippen LogP contribution in [0.5, 0.6) is 23.1 Å². The van der Waals surface area contributed by atoms with Crippen molar-refractivity contribution in [3.8, 4) is 35.0 Å². The van der Waals surface area contributed by atoms with Gasteiger partial charge in [0.05, 0.1) is 0 Å². The maximum absolute atomic E-state index is 6.06. The van der Waals surface area contributed by atoms with Gasteiger partial charge in [-0.25, -0.2) is 4.98 Å². The Labute approximate surface area is 218 Å². The summed E-state index contributed by atoms with van der Waals surface area (Å²) in [6.07, 6.45) is 1.94. The van der Waals surface area contributed by atoms with Crippen LogP contribution in [0.4, 0.5) is 0 Å². The maximum atomic E-state index is 6.06. The average molecular weight is 492 g/mol. The molecule has 4 aromatic rings. The van der Waals surface area contributed by atoms with Gasteiger partial charge in [0.15, 0.2) is 17.6 Å². The molecule has 1 aliphatic rings. The lowest BCUT2D eigenvalue weighted by molar-refractivity contribution is 0.0520. The highest BCUT2D eigenvalue weighted by Crippen LogP contribution is 2.31. The third kappa shape index (κ3) is 6.83. The number of rotatable bonds is 8. The minimum Gasteiger partial charge on any atom is -0.489 e. The van der Waals surface area contributed by atoms with Crippen molar-refractivity contribution in [1.82, 2.24) is 4.98 Å². The molecule has 186 valence electrons. The minimum absolute atomic E-state index is 0.248. The van der Waals surface area contributed by atoms with Gasteiger partial charge in [0, 0.05) is 17.7 Å². The van der Waals surface area contributed by atoms with Crippen molar-refractivity contribution >= 4 is 0 Å². The molecule has 1 aliphatic heterocycles. The quantitative estimate of drug-likeness (QED) is 0.274. The number of aromatic nitrogens is 1. The van der Waals surface area contributed by atoms with E-state index in [2.05, 4.69) is 35.9 Å². The van der Waals surface area contributed by atoms with E-state index < -0.39 is 0 Å². The largest absolute Gasteiger partial charge is 0.489 e. The average Bonchev–Trinajstić information content (AvgIpc) is 2.95. The SMILES string of the molecule is CCCc1ccc(C#Cc2cc(OCc3ccccc3)cc(OCC3COc4ccccc4O3)n2)cc1. The Bertz CT molecular complexity index is 1370. The lowest BCUT2D eigenvalue weighted by Gasteiger charge is -2.26. The predicted octanol–water partition coefficient (Wildman–Crippen LogP) is 6.23. The first-order valence-corrected chi connectivity index (χ1v) is 12.6. The fourth-order valence-electron chi connectivity index (χ4n) is 3.95. The van der Waals surface area contributed by atoms with Crippen LogP contribution in [0, 0.1) is 11.8 Å². The summed E-state index contributed by atoms with van der Waals surface area (Å²) in [7, 11) is 0. The molecule has 0 saturated heterocycles. The molecule has 5 heteroatoms. The molecule has 5 nitrogen and oxygen atoms in total. The molecule has 0 spiro atoms. The summed E-state index contributed by atoms with van der Waals surface area (Å²) in [4.78, 5) is 4.61. The second-order valence-corrected chi connectivity index (χ2v) is 8.81. The van der Waals surface area contributed by atoms with Gasteiger partial charge < -0.3 is 18.9 Å². The van der Waals surface area contributed by atoms with Gasteiger partial charge >= 0.3 is 0 Å². The Kier molecular flexibility index (Phi) is 7.88. The number of hydrogen-bond donors (Lipinski definition) is 0. The van der Waals surface area contributed by atoms with E-state index in [-0.39, 0.29) is 12.7 Å². The van der Waals surface area contributed by atoms with E-state index in [4.69, 9.17) is 18.9 Å². The smallest absolute Gasteiger partial charge is 0.218 e. The van der Waals surface area contributed by atoms with Crippen LogP contribution in [0.3, 0.4) is 0 Å². The first-order valence-electron chi connectivity index (χ1n) is 12.6. The molecule has 0 amide bonds. The Morgan fingerprint density at radius 2 is 1.62 bits per heavy atom. The van der Waals surface area contributed by atoms with Crippen molar-refractivity contribution in [2.24, 2.45) is 0 Å². The fourth-order valence-corrected chi connectivity index (χ4v) is 3.95. The second kappa shape index (κ2) is 12.0. The van der Waals surface area contributed by atoms with E-state index in [1.54, 1.807) is 6.07 Å². The standard InChI is InChI=1S/C32H29NO4/c1-2-8-24-13-15-25(16-14-24)17-18-27-19-28(34-21-26-9-4-3-5-10-26)20-32(33-27)36-23-29-22-35-30-11-6-7-12-31(30)37-29/h3-7,9-16,19-20,29H,2,8,21-23H2,1H3. The van der Waals surface area contributed by atoms with Gasteiger partial charge in [0.2, 0.25) is 5.88 Å². The first kappa shape index (κ1) is 24.3. The van der Waals surface area contributed by atoms with Crippen molar-refractivity contribution < 1.29 is 18.9 Å². The van der Waals surface area contributed by atoms with E-state index in [1.807, 2.05) is 72.8 Å². The molecule has 1 unspecified atom stereocenters. The molecular weight excluding hydrogens is 462 g/mol. The Hall–Kier alpha value is -4.43. The summed E-state index contributed by atoms with van der Waals surface area (Å²) in [5.74, 6) is 8.90. The van der Waals surface area contributed by atoms with E-state index in [0.717, 1.165) is 29.7 Å². The van der Waals surface area contributed by atoms with Crippen molar-refractivity contribution in [3.63, 3.8) is 0 Å². The van der Waals surface area contributed by atoms with E-state index in [1.165, 1.54) is 5.56 Å². The highest BCUT2D eigenvalue weighted by atomic mass is 16.6. The lowest BCUT2D eigenvalue weighted by atomic mass is 10.1. The predicted molar refractivity (Wildman–Crippen MR) is 143 cm³/mol. The van der Waals surface area contributed by atoms with Gasteiger partial charge in [0.1, 0.15) is 31.3 Å². The number of pyridine rings is 1. The van der Waals surface area contributed by atoms with E-state index >= 15 is 0 Å². The highest BCUT2D eigenvalue weighted by Gasteiger charge is 2.21. The molecule has 37 heavy (non-hydrogen) atoms. The zero-order chi connectivity index (χ0) is 25.3. The third-order valence-corrected chi connectivity index (χ3v) is 5.84. The first-order chi connectivity index (χ1) is 18.2. The Balaban J connectivity index is 1.31. The van der Waals surface area contributed by atoms with Crippen LogP contribution in [-0.4, -0.2) is 24.3 Å². The van der Waals surface area contributed by atoms with Crippen molar-refractivity contribution in [2.45, 2.75) is 32.5 Å². The van der Waals surface area contributed by atoms with E-state index in [9.17, 15) is 0 Å². The molecule has 1 aromatic heterocycles. The monoisotopic (exact) mass is 491 g/mol. The summed E-state index contributed by atoms with van der Waals surface area (Å²) in [5.41, 5.74) is 3.90. The topological polar surface area (TPSA) is 49.8 Å². The summed E-state index contributed by atoms with van der Waals surface area (Å²) in [5, 5.41) is 0. The van der Waals surface area contributed by atoms with Crippen LogP contribution >= 0.6 is 0 Å². The minimum atomic E-state index is -0.248. The molecule has 0 radical (unpaired) electrons. The molecule has 3 aromatic carbocycles. The van der Waals surface area contributed by atoms with E-state index in [0.29, 0.717) is 36.3 Å². The molecule has 0 saturated carbocycles. The Morgan fingerprint density at radius 1 is 0.838 bits per heavy atom. The zero-order valence-corrected chi connectivity index (χ0v) is 20.9. The number of hydrogen-bond acceptors (Lipinski definition) is 5. The van der Waals surface area contributed by atoms with Crippen molar-refractivity contribution in [3.05, 3.63) is 113 Å². The van der Waals surface area contributed by atoms with Gasteiger partial charge in [-0.05, 0) is 47.7 Å². The van der Waals surface area contributed by atoms with Gasteiger partial charge in [0.25, 0.3) is 0 Å². The third-order valence-electron chi connectivity index (χ3n) is 5.84. The summed E-state index contributed by atoms with van der Waals surface area (Å²) < 4.78 is 23.9. The molecule has 0 fully saturated rings. The molecule has 0 aliphatic carbocycles. The van der Waals surface area contributed by atoms with Crippen LogP contribution in [0.25, 0.3) is 0 Å². The summed E-state index contributed by atoms with van der Waals surface area (Å²) in [6.45, 7) is 3.31. The van der Waals surface area contributed by atoms with Gasteiger partial charge in [-0.1, -0.05) is 73.9 Å². The van der Waals surface area contributed by atoms with Crippen molar-refractivity contribution in [2.75, 3.05) is 13.2 Å². The molecule has 2 heterocycles. The Morgan fingerprint density at radius 3 is 2.43 bits per heavy atom.